The highest BCUT2D eigenvalue weighted by Gasteiger charge is 2.42. The first kappa shape index (κ1) is 14.9. The van der Waals surface area contributed by atoms with E-state index < -0.39 is 5.92 Å². The van der Waals surface area contributed by atoms with E-state index >= 15 is 0 Å². The summed E-state index contributed by atoms with van der Waals surface area (Å²) in [6.07, 6.45) is -0.0833. The average Bonchev–Trinajstić information content (AvgIpc) is 2.05. The van der Waals surface area contributed by atoms with Gasteiger partial charge in [0.05, 0.1) is 6.54 Å². The molecule has 1 saturated heterocycles. The number of rotatable bonds is 1. The van der Waals surface area contributed by atoms with Crippen molar-refractivity contribution in [1.82, 2.24) is 4.90 Å². The van der Waals surface area contributed by atoms with E-state index in [0.717, 1.165) is 0 Å². The van der Waals surface area contributed by atoms with Crippen molar-refractivity contribution in [2.75, 3.05) is 20.1 Å². The van der Waals surface area contributed by atoms with Gasteiger partial charge in [0.1, 0.15) is 0 Å². The second-order valence-electron chi connectivity index (χ2n) is 2.86. The monoisotopic (exact) mass is 222 g/mol. The Balaban J connectivity index is 0. The molecule has 0 amide bonds. The number of nitrogens with zero attached hydrogens (tertiary/aromatic N) is 1. The minimum atomic E-state index is -2.52. The molecule has 1 aliphatic rings. The van der Waals surface area contributed by atoms with E-state index in [4.69, 9.17) is 5.73 Å². The molecule has 1 aliphatic heterocycles. The van der Waals surface area contributed by atoms with Crippen molar-refractivity contribution in [3.8, 4) is 0 Å². The molecule has 0 saturated carbocycles. The van der Waals surface area contributed by atoms with Gasteiger partial charge in [0, 0.05) is 19.0 Å². The molecule has 2 N–H and O–H groups in total. The van der Waals surface area contributed by atoms with Crippen LogP contribution in [-0.4, -0.2) is 37.0 Å². The van der Waals surface area contributed by atoms with Crippen LogP contribution >= 0.6 is 24.8 Å². The van der Waals surface area contributed by atoms with Gasteiger partial charge in [0.25, 0.3) is 5.92 Å². The van der Waals surface area contributed by atoms with E-state index in [2.05, 4.69) is 0 Å². The van der Waals surface area contributed by atoms with Crippen molar-refractivity contribution in [2.45, 2.75) is 18.4 Å². The average molecular weight is 223 g/mol. The number of hydrogen-bond acceptors (Lipinski definition) is 2. The zero-order valence-electron chi connectivity index (χ0n) is 6.80. The summed E-state index contributed by atoms with van der Waals surface area (Å²) in [4.78, 5) is 1.61. The zero-order valence-corrected chi connectivity index (χ0v) is 8.43. The molecular weight excluding hydrogens is 209 g/mol. The second-order valence-corrected chi connectivity index (χ2v) is 2.86. The maximum atomic E-state index is 12.5. The highest BCUT2D eigenvalue weighted by Crippen LogP contribution is 2.29. The molecule has 2 nitrogen and oxygen atoms in total. The number of hydrogen-bond donors (Lipinski definition) is 1. The molecule has 0 unspecified atom stereocenters. The van der Waals surface area contributed by atoms with Crippen LogP contribution in [0.15, 0.2) is 0 Å². The molecule has 6 heteroatoms. The normalized spacial score (nSPS) is 27.5. The highest BCUT2D eigenvalue weighted by atomic mass is 35.5. The molecule has 12 heavy (non-hydrogen) atoms. The molecule has 0 aromatic heterocycles. The SMILES string of the molecule is CN1CC(F)(F)C[C@@H]1CN.Cl.Cl. The van der Waals surface area contributed by atoms with Crippen LogP contribution in [-0.2, 0) is 0 Å². The summed E-state index contributed by atoms with van der Waals surface area (Å²) in [5.74, 6) is -2.52. The maximum Gasteiger partial charge on any atom is 0.262 e. The smallest absolute Gasteiger partial charge is 0.262 e. The van der Waals surface area contributed by atoms with Gasteiger partial charge in [-0.2, -0.15) is 0 Å². The Bertz CT molecular complexity index is 135. The predicted molar refractivity (Wildman–Crippen MR) is 49.5 cm³/mol. The standard InChI is InChI=1S/C6H12F2N2.2ClH/c1-10-4-6(7,8)2-5(10)3-9;;/h5H,2-4,9H2,1H3;2*1H/t5-;;/m1../s1. The van der Waals surface area contributed by atoms with E-state index in [1.165, 1.54) is 0 Å². The minimum absolute atomic E-state index is 0. The Morgan fingerprint density at radius 1 is 1.50 bits per heavy atom. The number of halogens is 4. The summed E-state index contributed by atoms with van der Waals surface area (Å²) >= 11 is 0. The third kappa shape index (κ3) is 3.39. The molecule has 0 aromatic rings. The topological polar surface area (TPSA) is 29.3 Å². The molecule has 0 bridgehead atoms. The molecule has 76 valence electrons. The van der Waals surface area contributed by atoms with Crippen molar-refractivity contribution in [1.29, 1.82) is 0 Å². The van der Waals surface area contributed by atoms with Gasteiger partial charge >= 0.3 is 0 Å². The zero-order chi connectivity index (χ0) is 7.78. The van der Waals surface area contributed by atoms with Crippen molar-refractivity contribution >= 4 is 24.8 Å². The van der Waals surface area contributed by atoms with E-state index in [1.54, 1.807) is 11.9 Å². The fourth-order valence-corrected chi connectivity index (χ4v) is 1.32. The van der Waals surface area contributed by atoms with E-state index in [1.807, 2.05) is 0 Å². The first-order valence-electron chi connectivity index (χ1n) is 3.33. The van der Waals surface area contributed by atoms with Crippen LogP contribution < -0.4 is 5.73 Å². The van der Waals surface area contributed by atoms with Gasteiger partial charge in [-0.3, -0.25) is 4.90 Å². The summed E-state index contributed by atoms with van der Waals surface area (Å²) in [6, 6.07) is -0.130. The molecule has 0 spiro atoms. The van der Waals surface area contributed by atoms with E-state index in [9.17, 15) is 8.78 Å². The lowest BCUT2D eigenvalue weighted by Gasteiger charge is -2.14. The quantitative estimate of drug-likeness (QED) is 0.721. The number of likely N-dealkylation sites (N-methyl/N-ethyl adjacent to an activating group) is 1. The first-order chi connectivity index (χ1) is 4.55. The van der Waals surface area contributed by atoms with Gasteiger partial charge < -0.3 is 5.73 Å². The molecule has 1 rings (SSSR count). The van der Waals surface area contributed by atoms with Crippen LogP contribution in [0.5, 0.6) is 0 Å². The second kappa shape index (κ2) is 5.17. The summed E-state index contributed by atoms with van der Waals surface area (Å²) < 4.78 is 25.1. The lowest BCUT2D eigenvalue weighted by molar-refractivity contribution is 0.0141. The molecular formula is C6H14Cl2F2N2. The van der Waals surface area contributed by atoms with Crippen LogP contribution in [0.2, 0.25) is 0 Å². The molecule has 0 aliphatic carbocycles. The van der Waals surface area contributed by atoms with Gasteiger partial charge in [-0.15, -0.1) is 24.8 Å². The van der Waals surface area contributed by atoms with Crippen molar-refractivity contribution in [3.05, 3.63) is 0 Å². The van der Waals surface area contributed by atoms with Crippen molar-refractivity contribution < 1.29 is 8.78 Å². The fraction of sp³-hybridized carbons (Fsp3) is 1.00. The Morgan fingerprint density at radius 3 is 2.17 bits per heavy atom. The number of alkyl halides is 2. The largest absolute Gasteiger partial charge is 0.329 e. The molecule has 1 heterocycles. The van der Waals surface area contributed by atoms with Crippen molar-refractivity contribution in [2.24, 2.45) is 5.73 Å². The fourth-order valence-electron chi connectivity index (χ4n) is 1.32. The third-order valence-electron chi connectivity index (χ3n) is 1.91. The summed E-state index contributed by atoms with van der Waals surface area (Å²) in [7, 11) is 1.68. The maximum absolute atomic E-state index is 12.5. The lowest BCUT2D eigenvalue weighted by Crippen LogP contribution is -2.31. The van der Waals surface area contributed by atoms with Gasteiger partial charge in [-0.25, -0.2) is 8.78 Å². The summed E-state index contributed by atoms with van der Waals surface area (Å²) in [5.41, 5.74) is 5.27. The van der Waals surface area contributed by atoms with Gasteiger partial charge in [0.15, 0.2) is 0 Å². The minimum Gasteiger partial charge on any atom is -0.329 e. The Hall–Kier alpha value is 0.360. The molecule has 0 radical (unpaired) electrons. The van der Waals surface area contributed by atoms with Crippen LogP contribution in [0.1, 0.15) is 6.42 Å². The van der Waals surface area contributed by atoms with Crippen LogP contribution in [0.3, 0.4) is 0 Å². The van der Waals surface area contributed by atoms with E-state index in [0.29, 0.717) is 6.54 Å². The highest BCUT2D eigenvalue weighted by molar-refractivity contribution is 5.85. The van der Waals surface area contributed by atoms with Crippen molar-refractivity contribution in [3.63, 3.8) is 0 Å². The van der Waals surface area contributed by atoms with Crippen LogP contribution in [0.4, 0.5) is 8.78 Å². The van der Waals surface area contributed by atoms with E-state index in [-0.39, 0.29) is 43.8 Å². The van der Waals surface area contributed by atoms with Gasteiger partial charge in [-0.1, -0.05) is 0 Å². The predicted octanol–water partition coefficient (Wildman–Crippen LogP) is 1.13. The van der Waals surface area contributed by atoms with Gasteiger partial charge in [-0.05, 0) is 7.05 Å². The van der Waals surface area contributed by atoms with Gasteiger partial charge in [0.2, 0.25) is 0 Å². The lowest BCUT2D eigenvalue weighted by atomic mass is 10.2. The molecule has 1 fully saturated rings. The van der Waals surface area contributed by atoms with Crippen LogP contribution in [0, 0.1) is 0 Å². The Kier molecular flexibility index (Phi) is 6.40. The number of nitrogens with two attached hydrogens (primary N) is 1. The summed E-state index contributed by atoms with van der Waals surface area (Å²) in [6.45, 7) is 0.182. The Morgan fingerprint density at radius 2 is 2.00 bits per heavy atom. The first-order valence-corrected chi connectivity index (χ1v) is 3.33. The Labute approximate surface area is 83.3 Å². The third-order valence-corrected chi connectivity index (χ3v) is 1.91. The number of likely N-dealkylation sites (tertiary alicyclic amines) is 1. The molecule has 1 atom stereocenters. The summed E-state index contributed by atoms with van der Waals surface area (Å²) in [5, 5.41) is 0. The van der Waals surface area contributed by atoms with Crippen LogP contribution in [0.25, 0.3) is 0 Å². The molecule has 0 aromatic carbocycles.